The molecule has 2 aromatic rings. The van der Waals surface area contributed by atoms with Gasteiger partial charge in [0.1, 0.15) is 0 Å². The third-order valence-electron chi connectivity index (χ3n) is 3.60. The molecule has 2 heterocycles. The third kappa shape index (κ3) is 4.23. The van der Waals surface area contributed by atoms with Crippen molar-refractivity contribution in [2.75, 3.05) is 40.4 Å². The molecule has 0 radical (unpaired) electrons. The molecule has 0 saturated heterocycles. The number of hydrogen-bond donors (Lipinski definition) is 1. The van der Waals surface area contributed by atoms with Crippen LogP contribution in [0.15, 0.2) is 12.3 Å². The van der Waals surface area contributed by atoms with Gasteiger partial charge >= 0.3 is 0 Å². The molecule has 0 spiro atoms. The lowest BCUT2D eigenvalue weighted by Gasteiger charge is -2.16. The van der Waals surface area contributed by atoms with Crippen LogP contribution in [0, 0.1) is 6.92 Å². The van der Waals surface area contributed by atoms with Gasteiger partial charge in [0.15, 0.2) is 5.65 Å². The predicted octanol–water partition coefficient (Wildman–Crippen LogP) is 0.945. The number of aromatic nitrogens is 3. The average molecular weight is 291 g/mol. The minimum Gasteiger partial charge on any atom is -0.383 e. The SMILES string of the molecule is COCCN(C)CCNCc1cnc2c(c1)c(C)nn2C. The van der Waals surface area contributed by atoms with E-state index in [1.54, 1.807) is 7.11 Å². The van der Waals surface area contributed by atoms with E-state index >= 15 is 0 Å². The molecule has 116 valence electrons. The minimum atomic E-state index is 0.775. The van der Waals surface area contributed by atoms with Crippen LogP contribution >= 0.6 is 0 Å². The van der Waals surface area contributed by atoms with Gasteiger partial charge in [-0.1, -0.05) is 0 Å². The first-order chi connectivity index (χ1) is 10.1. The highest BCUT2D eigenvalue weighted by molar-refractivity contribution is 5.78. The molecule has 6 nitrogen and oxygen atoms in total. The van der Waals surface area contributed by atoms with Crippen molar-refractivity contribution in [3.63, 3.8) is 0 Å². The molecule has 0 aliphatic heterocycles. The maximum atomic E-state index is 5.06. The first-order valence-electron chi connectivity index (χ1n) is 7.28. The normalized spacial score (nSPS) is 11.7. The Bertz CT molecular complexity index is 581. The molecular formula is C15H25N5O. The fraction of sp³-hybridized carbons (Fsp3) is 0.600. The predicted molar refractivity (Wildman–Crippen MR) is 84.3 cm³/mol. The van der Waals surface area contributed by atoms with Crippen molar-refractivity contribution in [2.45, 2.75) is 13.5 Å². The molecule has 6 heteroatoms. The summed E-state index contributed by atoms with van der Waals surface area (Å²) in [5, 5.41) is 8.98. The topological polar surface area (TPSA) is 55.2 Å². The summed E-state index contributed by atoms with van der Waals surface area (Å²) in [4.78, 5) is 6.74. The Morgan fingerprint density at radius 1 is 1.38 bits per heavy atom. The largest absolute Gasteiger partial charge is 0.383 e. The number of nitrogens with one attached hydrogen (secondary N) is 1. The standard InChI is InChI=1S/C15H25N5O/c1-12-14-9-13(11-17-15(14)20(3)18-12)10-16-5-6-19(2)7-8-21-4/h9,11,16H,5-8,10H2,1-4H3. The summed E-state index contributed by atoms with van der Waals surface area (Å²) in [7, 11) is 5.76. The fourth-order valence-corrected chi connectivity index (χ4v) is 2.31. The van der Waals surface area contributed by atoms with Crippen molar-refractivity contribution in [3.05, 3.63) is 23.5 Å². The molecule has 0 atom stereocenters. The van der Waals surface area contributed by atoms with Gasteiger partial charge in [-0.2, -0.15) is 5.10 Å². The van der Waals surface area contributed by atoms with Gasteiger partial charge in [0, 0.05) is 51.9 Å². The molecule has 2 rings (SSSR count). The summed E-state index contributed by atoms with van der Waals surface area (Å²) < 4.78 is 6.89. The lowest BCUT2D eigenvalue weighted by molar-refractivity contribution is 0.161. The minimum absolute atomic E-state index is 0.775. The van der Waals surface area contributed by atoms with Crippen molar-refractivity contribution in [2.24, 2.45) is 7.05 Å². The summed E-state index contributed by atoms with van der Waals surface area (Å²) in [6.07, 6.45) is 1.92. The number of nitrogens with zero attached hydrogens (tertiary/aromatic N) is 4. The van der Waals surface area contributed by atoms with Gasteiger partial charge in [-0.15, -0.1) is 0 Å². The van der Waals surface area contributed by atoms with Crippen molar-refractivity contribution in [1.29, 1.82) is 0 Å². The first-order valence-corrected chi connectivity index (χ1v) is 7.28. The van der Waals surface area contributed by atoms with Crippen molar-refractivity contribution in [1.82, 2.24) is 25.0 Å². The number of ether oxygens (including phenoxy) is 1. The van der Waals surface area contributed by atoms with Crippen LogP contribution in [-0.2, 0) is 18.3 Å². The van der Waals surface area contributed by atoms with Gasteiger partial charge in [-0.3, -0.25) is 4.68 Å². The highest BCUT2D eigenvalue weighted by Gasteiger charge is 2.06. The number of aryl methyl sites for hydroxylation is 2. The lowest BCUT2D eigenvalue weighted by Crippen LogP contribution is -2.31. The molecular weight excluding hydrogens is 266 g/mol. The van der Waals surface area contributed by atoms with E-state index in [9.17, 15) is 0 Å². The Morgan fingerprint density at radius 3 is 2.95 bits per heavy atom. The van der Waals surface area contributed by atoms with Crippen LogP contribution in [0.2, 0.25) is 0 Å². The van der Waals surface area contributed by atoms with Crippen LogP contribution in [0.5, 0.6) is 0 Å². The molecule has 1 N–H and O–H groups in total. The Labute approximate surface area is 126 Å². The molecule has 21 heavy (non-hydrogen) atoms. The number of pyridine rings is 1. The monoisotopic (exact) mass is 291 g/mol. The van der Waals surface area contributed by atoms with Crippen LogP contribution in [-0.4, -0.2) is 60.1 Å². The Morgan fingerprint density at radius 2 is 2.19 bits per heavy atom. The highest BCUT2D eigenvalue weighted by Crippen LogP contribution is 2.16. The zero-order chi connectivity index (χ0) is 15.2. The molecule has 0 amide bonds. The van der Waals surface area contributed by atoms with Gasteiger partial charge in [-0.05, 0) is 25.6 Å². The molecule has 0 fully saturated rings. The second kappa shape index (κ2) is 7.49. The van der Waals surface area contributed by atoms with Gasteiger partial charge in [0.2, 0.25) is 0 Å². The van der Waals surface area contributed by atoms with Crippen LogP contribution in [0.25, 0.3) is 11.0 Å². The van der Waals surface area contributed by atoms with Crippen LogP contribution in [0.3, 0.4) is 0 Å². The van der Waals surface area contributed by atoms with E-state index in [4.69, 9.17) is 4.74 Å². The van der Waals surface area contributed by atoms with E-state index in [1.165, 1.54) is 5.56 Å². The van der Waals surface area contributed by atoms with Crippen molar-refractivity contribution >= 4 is 11.0 Å². The van der Waals surface area contributed by atoms with E-state index in [-0.39, 0.29) is 0 Å². The number of likely N-dealkylation sites (N-methyl/N-ethyl adjacent to an activating group) is 1. The summed E-state index contributed by atoms with van der Waals surface area (Å²) in [5.74, 6) is 0. The van der Waals surface area contributed by atoms with Crippen molar-refractivity contribution in [3.8, 4) is 0 Å². The third-order valence-corrected chi connectivity index (χ3v) is 3.60. The number of methoxy groups -OCH3 is 1. The maximum absolute atomic E-state index is 5.06. The molecule has 0 bridgehead atoms. The van der Waals surface area contributed by atoms with E-state index in [0.717, 1.165) is 49.5 Å². The van der Waals surface area contributed by atoms with E-state index in [1.807, 2.05) is 24.9 Å². The molecule has 0 unspecified atom stereocenters. The Kier molecular flexibility index (Phi) is 5.67. The lowest BCUT2D eigenvalue weighted by atomic mass is 10.2. The summed E-state index contributed by atoms with van der Waals surface area (Å²) in [6.45, 7) is 6.54. The van der Waals surface area contributed by atoms with Gasteiger partial charge in [-0.25, -0.2) is 4.98 Å². The Hall–Kier alpha value is -1.50. The van der Waals surface area contributed by atoms with E-state index < -0.39 is 0 Å². The molecule has 0 aromatic carbocycles. The number of hydrogen-bond acceptors (Lipinski definition) is 5. The fourth-order valence-electron chi connectivity index (χ4n) is 2.31. The average Bonchev–Trinajstić information content (AvgIpc) is 2.76. The number of fused-ring (bicyclic) bond motifs is 1. The van der Waals surface area contributed by atoms with E-state index in [2.05, 4.69) is 33.4 Å². The summed E-state index contributed by atoms with van der Waals surface area (Å²) in [5.41, 5.74) is 3.16. The second-order valence-corrected chi connectivity index (χ2v) is 5.40. The number of rotatable bonds is 8. The van der Waals surface area contributed by atoms with Crippen LogP contribution < -0.4 is 5.32 Å². The molecule has 0 saturated carbocycles. The molecule has 0 aliphatic carbocycles. The quantitative estimate of drug-likeness (QED) is 0.734. The summed E-state index contributed by atoms with van der Waals surface area (Å²) in [6, 6.07) is 2.17. The second-order valence-electron chi connectivity index (χ2n) is 5.40. The first kappa shape index (κ1) is 15.9. The molecule has 2 aromatic heterocycles. The Balaban J connectivity index is 1.82. The van der Waals surface area contributed by atoms with Crippen molar-refractivity contribution < 1.29 is 4.74 Å². The van der Waals surface area contributed by atoms with E-state index in [0.29, 0.717) is 0 Å². The smallest absolute Gasteiger partial charge is 0.157 e. The zero-order valence-corrected chi connectivity index (χ0v) is 13.4. The van der Waals surface area contributed by atoms with Crippen LogP contribution in [0.4, 0.5) is 0 Å². The molecule has 0 aliphatic rings. The van der Waals surface area contributed by atoms with Gasteiger partial charge in [0.05, 0.1) is 12.3 Å². The van der Waals surface area contributed by atoms with Gasteiger partial charge < -0.3 is 15.0 Å². The summed E-state index contributed by atoms with van der Waals surface area (Å²) >= 11 is 0. The maximum Gasteiger partial charge on any atom is 0.157 e. The zero-order valence-electron chi connectivity index (χ0n) is 13.4. The van der Waals surface area contributed by atoms with Crippen LogP contribution in [0.1, 0.15) is 11.3 Å². The van der Waals surface area contributed by atoms with Gasteiger partial charge in [0.25, 0.3) is 0 Å². The highest BCUT2D eigenvalue weighted by atomic mass is 16.5.